The van der Waals surface area contributed by atoms with Gasteiger partial charge < -0.3 is 9.47 Å². The Labute approximate surface area is 171 Å². The SMILES string of the molecule is C=C1C[C@H]2CN3C[C@@H](C)[C@@H]4C[C@H]3[C@]2(C)C2=C(C4=O)C(C(=O)OC)=C3CCOC1=C32. The number of piperidine rings is 1. The topological polar surface area (TPSA) is 55.8 Å². The highest BCUT2D eigenvalue weighted by Gasteiger charge is 2.63. The molecular weight excluding hydrogens is 366 g/mol. The molecule has 3 aliphatic heterocycles. The van der Waals surface area contributed by atoms with Crippen LogP contribution in [0, 0.1) is 23.2 Å². The Kier molecular flexibility index (Phi) is 3.36. The van der Waals surface area contributed by atoms with Gasteiger partial charge in [-0.25, -0.2) is 4.79 Å². The molecule has 3 heterocycles. The van der Waals surface area contributed by atoms with Crippen molar-refractivity contribution in [2.24, 2.45) is 23.2 Å². The molecule has 2 fully saturated rings. The third kappa shape index (κ3) is 1.91. The summed E-state index contributed by atoms with van der Waals surface area (Å²) >= 11 is 0. The van der Waals surface area contributed by atoms with Crippen LogP contribution in [-0.2, 0) is 19.1 Å². The van der Waals surface area contributed by atoms with Gasteiger partial charge in [-0.15, -0.1) is 0 Å². The van der Waals surface area contributed by atoms with Crippen LogP contribution >= 0.6 is 0 Å². The van der Waals surface area contributed by atoms with E-state index in [0.29, 0.717) is 36.1 Å². The minimum Gasteiger partial charge on any atom is -0.492 e. The van der Waals surface area contributed by atoms with Gasteiger partial charge in [0, 0.05) is 48.0 Å². The molecule has 0 amide bonds. The molecule has 0 spiro atoms. The van der Waals surface area contributed by atoms with Gasteiger partial charge in [0.05, 0.1) is 19.3 Å². The Balaban J connectivity index is 1.74. The summed E-state index contributed by atoms with van der Waals surface area (Å²) in [5, 5.41) is 0. The zero-order valence-corrected chi connectivity index (χ0v) is 17.3. The second kappa shape index (κ2) is 5.51. The van der Waals surface area contributed by atoms with E-state index in [0.717, 1.165) is 54.0 Å². The fourth-order valence-electron chi connectivity index (χ4n) is 7.30. The van der Waals surface area contributed by atoms with Crippen LogP contribution in [0.15, 0.2) is 45.8 Å². The number of hydrogen-bond acceptors (Lipinski definition) is 5. The van der Waals surface area contributed by atoms with Crippen LogP contribution in [0.5, 0.6) is 0 Å². The molecule has 0 aromatic heterocycles. The summed E-state index contributed by atoms with van der Waals surface area (Å²) in [7, 11) is 1.41. The molecule has 5 heteroatoms. The van der Waals surface area contributed by atoms with E-state index in [2.05, 4.69) is 25.3 Å². The molecule has 2 saturated heterocycles. The van der Waals surface area contributed by atoms with Gasteiger partial charge in [0.1, 0.15) is 5.76 Å². The molecule has 152 valence electrons. The van der Waals surface area contributed by atoms with Crippen molar-refractivity contribution in [3.8, 4) is 0 Å². The zero-order valence-electron chi connectivity index (χ0n) is 17.3. The van der Waals surface area contributed by atoms with Crippen molar-refractivity contribution in [3.05, 3.63) is 45.8 Å². The standard InChI is InChI=1S/C24H27NO4/c1-11-7-13-10-25-9-12(2)15-8-16(25)24(13,3)20-18-14(5-6-29-22(11)18)17(23(27)28-4)19(20)21(15)26/h12-13,15-16H,1,5-10H2,2-4H3/t12-,13+,15+,16+,24-/m1/s1. The molecule has 0 radical (unpaired) electrons. The van der Waals surface area contributed by atoms with Gasteiger partial charge in [0.2, 0.25) is 0 Å². The van der Waals surface area contributed by atoms with Crippen molar-refractivity contribution >= 4 is 11.8 Å². The number of methoxy groups -OCH3 is 1. The molecule has 0 saturated carbocycles. The first-order valence-electron chi connectivity index (χ1n) is 10.8. The number of hydrogen-bond donors (Lipinski definition) is 0. The minimum absolute atomic E-state index is 0.0326. The number of nitrogens with zero attached hydrogens (tertiary/aromatic N) is 1. The Morgan fingerprint density at radius 1 is 1.31 bits per heavy atom. The van der Waals surface area contributed by atoms with Crippen LogP contribution < -0.4 is 0 Å². The van der Waals surface area contributed by atoms with Crippen molar-refractivity contribution in [2.45, 2.75) is 39.2 Å². The predicted octanol–water partition coefficient (Wildman–Crippen LogP) is 2.95. The van der Waals surface area contributed by atoms with E-state index in [4.69, 9.17) is 9.47 Å². The van der Waals surface area contributed by atoms with Crippen molar-refractivity contribution in [2.75, 3.05) is 26.8 Å². The number of ketones is 1. The fraction of sp³-hybridized carbons (Fsp3) is 0.583. The smallest absolute Gasteiger partial charge is 0.338 e. The van der Waals surface area contributed by atoms with E-state index in [1.54, 1.807) is 0 Å². The van der Waals surface area contributed by atoms with Crippen molar-refractivity contribution in [3.63, 3.8) is 0 Å². The second-order valence-corrected chi connectivity index (χ2v) is 9.84. The molecule has 0 aromatic rings. The molecule has 6 rings (SSSR count). The lowest BCUT2D eigenvalue weighted by Crippen LogP contribution is -2.48. The average Bonchev–Trinajstić information content (AvgIpc) is 3.13. The largest absolute Gasteiger partial charge is 0.492 e. The van der Waals surface area contributed by atoms with Crippen LogP contribution in [0.1, 0.15) is 33.1 Å². The Hall–Kier alpha value is -2.14. The molecule has 0 unspecified atom stereocenters. The Morgan fingerprint density at radius 3 is 2.86 bits per heavy atom. The molecular formula is C24H27NO4. The molecule has 3 aliphatic carbocycles. The summed E-state index contributed by atoms with van der Waals surface area (Å²) in [6, 6.07) is 0.324. The maximum atomic E-state index is 14.0. The molecule has 0 N–H and O–H groups in total. The van der Waals surface area contributed by atoms with E-state index >= 15 is 0 Å². The summed E-state index contributed by atoms with van der Waals surface area (Å²) in [5.74, 6) is 1.20. The van der Waals surface area contributed by atoms with Gasteiger partial charge in [-0.2, -0.15) is 0 Å². The van der Waals surface area contributed by atoms with Crippen molar-refractivity contribution in [1.82, 2.24) is 4.90 Å². The average molecular weight is 393 g/mol. The van der Waals surface area contributed by atoms with E-state index in [1.165, 1.54) is 7.11 Å². The zero-order chi connectivity index (χ0) is 20.2. The first kappa shape index (κ1) is 17.7. The highest BCUT2D eigenvalue weighted by molar-refractivity contribution is 6.15. The summed E-state index contributed by atoms with van der Waals surface area (Å²) in [6.45, 7) is 11.4. The lowest BCUT2D eigenvalue weighted by atomic mass is 9.65. The van der Waals surface area contributed by atoms with Gasteiger partial charge in [-0.1, -0.05) is 20.4 Å². The van der Waals surface area contributed by atoms with E-state index < -0.39 is 0 Å². The van der Waals surface area contributed by atoms with Gasteiger partial charge in [-0.3, -0.25) is 9.69 Å². The van der Waals surface area contributed by atoms with Crippen molar-refractivity contribution < 1.29 is 19.1 Å². The predicted molar refractivity (Wildman–Crippen MR) is 107 cm³/mol. The van der Waals surface area contributed by atoms with Gasteiger partial charge in [0.15, 0.2) is 5.78 Å². The third-order valence-corrected chi connectivity index (χ3v) is 8.63. The monoisotopic (exact) mass is 393 g/mol. The first-order valence-corrected chi connectivity index (χ1v) is 10.8. The lowest BCUT2D eigenvalue weighted by Gasteiger charge is -2.43. The van der Waals surface area contributed by atoms with Gasteiger partial charge in [0.25, 0.3) is 0 Å². The normalized spacial score (nSPS) is 40.2. The molecule has 29 heavy (non-hydrogen) atoms. The first-order chi connectivity index (χ1) is 13.9. The second-order valence-electron chi connectivity index (χ2n) is 9.84. The van der Waals surface area contributed by atoms with Crippen LogP contribution in [0.3, 0.4) is 0 Å². The van der Waals surface area contributed by atoms with Crippen LogP contribution in [0.2, 0.25) is 0 Å². The summed E-state index contributed by atoms with van der Waals surface area (Å²) in [6.07, 6.45) is 2.39. The Morgan fingerprint density at radius 2 is 2.10 bits per heavy atom. The number of allylic oxidation sites excluding steroid dienone is 2. The number of fused-ring (bicyclic) bond motifs is 1. The molecule has 5 atom stereocenters. The number of Topliss-reactive ketones (excluding diaryl/α,β-unsaturated/α-hetero) is 1. The van der Waals surface area contributed by atoms with Crippen LogP contribution in [-0.4, -0.2) is 49.5 Å². The van der Waals surface area contributed by atoms with Crippen LogP contribution in [0.25, 0.3) is 0 Å². The number of esters is 1. The fourth-order valence-corrected chi connectivity index (χ4v) is 7.30. The maximum absolute atomic E-state index is 14.0. The summed E-state index contributed by atoms with van der Waals surface area (Å²) < 4.78 is 11.3. The van der Waals surface area contributed by atoms with Gasteiger partial charge in [-0.05, 0) is 41.4 Å². The maximum Gasteiger partial charge on any atom is 0.338 e. The number of rotatable bonds is 1. The molecule has 0 aromatic carbocycles. The molecule has 5 nitrogen and oxygen atoms in total. The summed E-state index contributed by atoms with van der Waals surface area (Å²) in [4.78, 5) is 29.5. The van der Waals surface area contributed by atoms with E-state index in [9.17, 15) is 9.59 Å². The Bertz CT molecular complexity index is 998. The van der Waals surface area contributed by atoms with E-state index in [1.807, 2.05) is 0 Å². The number of carbonyl (C=O) groups excluding carboxylic acids is 2. The minimum atomic E-state index is -0.387. The van der Waals surface area contributed by atoms with E-state index in [-0.39, 0.29) is 29.0 Å². The van der Waals surface area contributed by atoms with Crippen LogP contribution in [0.4, 0.5) is 0 Å². The third-order valence-electron chi connectivity index (χ3n) is 8.63. The number of ether oxygens (including phenoxy) is 2. The van der Waals surface area contributed by atoms with Crippen molar-refractivity contribution in [1.29, 1.82) is 0 Å². The summed E-state index contributed by atoms with van der Waals surface area (Å²) in [5.41, 5.74) is 5.00. The molecule has 2 bridgehead atoms. The number of carbonyl (C=O) groups is 2. The molecule has 6 aliphatic rings. The highest BCUT2D eigenvalue weighted by Crippen LogP contribution is 2.65. The van der Waals surface area contributed by atoms with Gasteiger partial charge >= 0.3 is 5.97 Å². The highest BCUT2D eigenvalue weighted by atomic mass is 16.5. The quantitative estimate of drug-likeness (QED) is 0.641. The lowest BCUT2D eigenvalue weighted by molar-refractivity contribution is -0.136.